The van der Waals surface area contributed by atoms with Gasteiger partial charge in [-0.05, 0) is 63.1 Å². The van der Waals surface area contributed by atoms with Gasteiger partial charge in [0.15, 0.2) is 0 Å². The predicted octanol–water partition coefficient (Wildman–Crippen LogP) is 7.43. The van der Waals surface area contributed by atoms with Crippen molar-refractivity contribution in [2.45, 2.75) is 32.6 Å². The maximum Gasteiger partial charge on any atom is 0.120 e. The highest BCUT2D eigenvalue weighted by molar-refractivity contribution is 9.09. The van der Waals surface area contributed by atoms with Crippen molar-refractivity contribution < 1.29 is 0 Å². The predicted molar refractivity (Wildman–Crippen MR) is 137 cm³/mol. The van der Waals surface area contributed by atoms with Crippen molar-refractivity contribution in [2.24, 2.45) is 4.99 Å². The van der Waals surface area contributed by atoms with Crippen LogP contribution in [-0.2, 0) is 0 Å². The van der Waals surface area contributed by atoms with Gasteiger partial charge in [0.05, 0.1) is 5.70 Å². The molecule has 3 aromatic carbocycles. The van der Waals surface area contributed by atoms with Crippen LogP contribution in [0.5, 0.6) is 0 Å². The van der Waals surface area contributed by atoms with E-state index in [1.54, 1.807) is 0 Å². The number of halogens is 1. The fourth-order valence-corrected chi connectivity index (χ4v) is 4.23. The molecule has 1 aliphatic heterocycles. The number of rotatable bonds is 4. The Kier molecular flexibility index (Phi) is 6.01. The minimum absolute atomic E-state index is 0.139. The molecule has 0 bridgehead atoms. The average molecular weight is 474 g/mol. The van der Waals surface area contributed by atoms with E-state index in [1.165, 1.54) is 33.6 Å². The number of hydrogen-bond acceptors (Lipinski definition) is 3. The molecule has 3 aromatic rings. The Morgan fingerprint density at radius 1 is 0.806 bits per heavy atom. The van der Waals surface area contributed by atoms with Crippen LogP contribution in [-0.4, -0.2) is 23.1 Å². The summed E-state index contributed by atoms with van der Waals surface area (Å²) in [6.07, 6.45) is 3.99. The SMILES string of the molecule is Cc1ccc(N(c2ccc(C3=CN(C)C(Br)C=N3)cc2)c2ccc(C)cc2C)c(C)c1. The summed E-state index contributed by atoms with van der Waals surface area (Å²) in [6, 6.07) is 22.0. The van der Waals surface area contributed by atoms with Crippen LogP contribution >= 0.6 is 15.9 Å². The molecule has 0 aromatic heterocycles. The highest BCUT2D eigenvalue weighted by atomic mass is 79.9. The summed E-state index contributed by atoms with van der Waals surface area (Å²) in [5, 5.41) is 0. The Hall–Kier alpha value is -2.85. The number of alkyl halides is 1. The molecule has 0 spiro atoms. The molecule has 0 aliphatic carbocycles. The molecule has 31 heavy (non-hydrogen) atoms. The molecule has 1 aliphatic rings. The largest absolute Gasteiger partial charge is 0.361 e. The zero-order valence-electron chi connectivity index (χ0n) is 18.7. The molecule has 0 N–H and O–H groups in total. The first kappa shape index (κ1) is 21.4. The summed E-state index contributed by atoms with van der Waals surface area (Å²) >= 11 is 3.59. The number of nitrogens with zero attached hydrogens (tertiary/aromatic N) is 3. The van der Waals surface area contributed by atoms with Crippen molar-refractivity contribution in [1.82, 2.24) is 4.90 Å². The normalized spacial score (nSPS) is 15.7. The summed E-state index contributed by atoms with van der Waals surface area (Å²) in [4.78, 5) is 9.20. The highest BCUT2D eigenvalue weighted by Crippen LogP contribution is 2.39. The Labute approximate surface area is 193 Å². The monoisotopic (exact) mass is 473 g/mol. The Morgan fingerprint density at radius 3 is 1.84 bits per heavy atom. The first-order valence-electron chi connectivity index (χ1n) is 10.5. The number of anilines is 3. The summed E-state index contributed by atoms with van der Waals surface area (Å²) in [5.74, 6) is 0. The minimum atomic E-state index is 0.139. The molecule has 158 valence electrons. The fraction of sp³-hybridized carbons (Fsp3) is 0.222. The van der Waals surface area contributed by atoms with E-state index in [9.17, 15) is 0 Å². The Morgan fingerprint density at radius 2 is 1.35 bits per heavy atom. The lowest BCUT2D eigenvalue weighted by Gasteiger charge is -2.29. The lowest BCUT2D eigenvalue weighted by molar-refractivity contribution is 0.502. The second-order valence-corrected chi connectivity index (χ2v) is 9.23. The molecule has 0 radical (unpaired) electrons. The van der Waals surface area contributed by atoms with Gasteiger partial charge in [-0.25, -0.2) is 0 Å². The van der Waals surface area contributed by atoms with Gasteiger partial charge in [-0.3, -0.25) is 4.99 Å². The quantitative estimate of drug-likeness (QED) is 0.289. The van der Waals surface area contributed by atoms with E-state index < -0.39 is 0 Å². The van der Waals surface area contributed by atoms with E-state index in [-0.39, 0.29) is 4.95 Å². The van der Waals surface area contributed by atoms with Crippen LogP contribution in [0.3, 0.4) is 0 Å². The van der Waals surface area contributed by atoms with Gasteiger partial charge in [-0.1, -0.05) is 63.5 Å². The van der Waals surface area contributed by atoms with Crippen LogP contribution in [0.4, 0.5) is 17.1 Å². The lowest BCUT2D eigenvalue weighted by Crippen LogP contribution is -2.25. The second kappa shape index (κ2) is 8.72. The first-order valence-corrected chi connectivity index (χ1v) is 11.4. The van der Waals surface area contributed by atoms with E-state index in [0.717, 1.165) is 16.9 Å². The summed E-state index contributed by atoms with van der Waals surface area (Å²) in [7, 11) is 2.04. The van der Waals surface area contributed by atoms with Gasteiger partial charge in [0.1, 0.15) is 4.95 Å². The standard InChI is InChI=1S/C27H28BrN3/c1-18-6-12-25(20(3)14-18)31(26-13-7-19(2)15-21(26)4)23-10-8-22(9-11-23)24-17-30(5)27(28)16-29-24/h6-17,27H,1-5H3. The van der Waals surface area contributed by atoms with Crippen LogP contribution in [0.15, 0.2) is 71.9 Å². The van der Waals surface area contributed by atoms with Crippen LogP contribution in [0.1, 0.15) is 27.8 Å². The van der Waals surface area contributed by atoms with E-state index in [4.69, 9.17) is 0 Å². The Balaban J connectivity index is 1.79. The maximum atomic E-state index is 4.60. The third kappa shape index (κ3) is 4.45. The van der Waals surface area contributed by atoms with E-state index in [0.29, 0.717) is 0 Å². The molecule has 4 rings (SSSR count). The molecular weight excluding hydrogens is 446 g/mol. The molecule has 1 unspecified atom stereocenters. The number of benzene rings is 3. The molecule has 0 fully saturated rings. The zero-order chi connectivity index (χ0) is 22.1. The van der Waals surface area contributed by atoms with Crippen LogP contribution in [0.2, 0.25) is 0 Å². The van der Waals surface area contributed by atoms with Crippen molar-refractivity contribution in [3.05, 3.63) is 94.7 Å². The molecule has 4 heteroatoms. The van der Waals surface area contributed by atoms with Gasteiger partial charge >= 0.3 is 0 Å². The first-order chi connectivity index (χ1) is 14.8. The van der Waals surface area contributed by atoms with Crippen molar-refractivity contribution in [1.29, 1.82) is 0 Å². The van der Waals surface area contributed by atoms with Crippen molar-refractivity contribution in [3.63, 3.8) is 0 Å². The minimum Gasteiger partial charge on any atom is -0.361 e. The highest BCUT2D eigenvalue weighted by Gasteiger charge is 2.18. The van der Waals surface area contributed by atoms with E-state index in [1.807, 2.05) is 13.3 Å². The zero-order valence-corrected chi connectivity index (χ0v) is 20.3. The third-order valence-corrected chi connectivity index (χ3v) is 6.54. The average Bonchev–Trinajstić information content (AvgIpc) is 2.73. The van der Waals surface area contributed by atoms with Crippen LogP contribution in [0.25, 0.3) is 5.70 Å². The summed E-state index contributed by atoms with van der Waals surface area (Å²) in [5.41, 5.74) is 10.7. The van der Waals surface area contributed by atoms with Crippen molar-refractivity contribution in [3.8, 4) is 0 Å². The van der Waals surface area contributed by atoms with Gasteiger partial charge < -0.3 is 9.80 Å². The van der Waals surface area contributed by atoms with Gasteiger partial charge in [0.25, 0.3) is 0 Å². The third-order valence-electron chi connectivity index (χ3n) is 5.66. The van der Waals surface area contributed by atoms with Gasteiger partial charge in [-0.2, -0.15) is 0 Å². The van der Waals surface area contributed by atoms with E-state index in [2.05, 4.69) is 125 Å². The Bertz CT molecular complexity index is 1110. The van der Waals surface area contributed by atoms with Crippen LogP contribution in [0, 0.1) is 27.7 Å². The lowest BCUT2D eigenvalue weighted by atomic mass is 10.0. The van der Waals surface area contributed by atoms with Gasteiger partial charge in [0.2, 0.25) is 0 Å². The van der Waals surface area contributed by atoms with Crippen molar-refractivity contribution >= 4 is 44.9 Å². The van der Waals surface area contributed by atoms with Crippen molar-refractivity contribution in [2.75, 3.05) is 11.9 Å². The molecular formula is C27H28BrN3. The topological polar surface area (TPSA) is 18.8 Å². The molecule has 1 atom stereocenters. The molecule has 0 saturated heterocycles. The molecule has 0 saturated carbocycles. The number of hydrogen-bond donors (Lipinski definition) is 0. The second-order valence-electron chi connectivity index (χ2n) is 8.29. The summed E-state index contributed by atoms with van der Waals surface area (Å²) < 4.78 is 0. The molecule has 3 nitrogen and oxygen atoms in total. The van der Waals surface area contributed by atoms with E-state index >= 15 is 0 Å². The maximum absolute atomic E-state index is 4.60. The van der Waals surface area contributed by atoms with Gasteiger partial charge in [-0.15, -0.1) is 0 Å². The fourth-order valence-electron chi connectivity index (χ4n) is 4.00. The molecule has 1 heterocycles. The smallest absolute Gasteiger partial charge is 0.120 e. The van der Waals surface area contributed by atoms with Gasteiger partial charge in [0, 0.05) is 42.1 Å². The number of aliphatic imine (C=N–C) groups is 1. The molecule has 0 amide bonds. The van der Waals surface area contributed by atoms with Crippen LogP contribution < -0.4 is 4.90 Å². The number of aryl methyl sites for hydroxylation is 4. The summed E-state index contributed by atoms with van der Waals surface area (Å²) in [6.45, 7) is 8.64.